The van der Waals surface area contributed by atoms with E-state index in [-0.39, 0.29) is 5.91 Å². The number of anilines is 1. The highest BCUT2D eigenvalue weighted by Gasteiger charge is 2.21. The van der Waals surface area contributed by atoms with Crippen LogP contribution in [0.15, 0.2) is 24.4 Å². The number of carbonyl (C=O) groups is 1. The number of nitrogens with zero attached hydrogens (tertiary/aromatic N) is 5. The van der Waals surface area contributed by atoms with Gasteiger partial charge in [-0.25, -0.2) is 4.98 Å². The fourth-order valence-electron chi connectivity index (χ4n) is 2.40. The third-order valence-electron chi connectivity index (χ3n) is 3.45. The van der Waals surface area contributed by atoms with Crippen molar-refractivity contribution in [1.29, 1.82) is 5.26 Å². The number of nitrogens with two attached hydrogens (primary N) is 1. The van der Waals surface area contributed by atoms with Gasteiger partial charge in [-0.3, -0.25) is 9.48 Å². The summed E-state index contributed by atoms with van der Waals surface area (Å²) in [5, 5.41) is 13.1. The minimum absolute atomic E-state index is 0.0874. The molecule has 3 rings (SSSR count). The van der Waals surface area contributed by atoms with Gasteiger partial charge in [0.2, 0.25) is 0 Å². The maximum atomic E-state index is 12.5. The van der Waals surface area contributed by atoms with Gasteiger partial charge in [-0.1, -0.05) is 0 Å². The zero-order valence-electron chi connectivity index (χ0n) is 11.4. The molecule has 21 heavy (non-hydrogen) atoms. The van der Waals surface area contributed by atoms with Crippen LogP contribution in [0.2, 0.25) is 0 Å². The van der Waals surface area contributed by atoms with Crippen LogP contribution in [0.1, 0.15) is 28.2 Å². The van der Waals surface area contributed by atoms with Gasteiger partial charge in [-0.05, 0) is 24.6 Å². The first kappa shape index (κ1) is 13.1. The molecule has 2 N–H and O–H groups in total. The zero-order valence-corrected chi connectivity index (χ0v) is 11.4. The highest BCUT2D eigenvalue weighted by Crippen LogP contribution is 2.16. The first-order chi connectivity index (χ1) is 10.2. The van der Waals surface area contributed by atoms with Gasteiger partial charge in [0.1, 0.15) is 11.9 Å². The first-order valence-electron chi connectivity index (χ1n) is 6.65. The highest BCUT2D eigenvalue weighted by atomic mass is 16.2. The monoisotopic (exact) mass is 282 g/mol. The van der Waals surface area contributed by atoms with Gasteiger partial charge in [-0.15, -0.1) is 0 Å². The molecule has 7 nitrogen and oxygen atoms in total. The average molecular weight is 282 g/mol. The molecular formula is C14H14N6O. The molecule has 1 aliphatic rings. The Hall–Kier alpha value is -2.88. The van der Waals surface area contributed by atoms with Crippen LogP contribution < -0.4 is 5.73 Å². The number of amides is 1. The van der Waals surface area contributed by atoms with Gasteiger partial charge in [0.15, 0.2) is 5.69 Å². The van der Waals surface area contributed by atoms with Crippen LogP contribution in [0.25, 0.3) is 0 Å². The third-order valence-corrected chi connectivity index (χ3v) is 3.45. The number of hydrogen-bond donors (Lipinski definition) is 1. The van der Waals surface area contributed by atoms with Crippen molar-refractivity contribution in [3.8, 4) is 6.07 Å². The van der Waals surface area contributed by atoms with Crippen molar-refractivity contribution in [2.75, 3.05) is 12.3 Å². The highest BCUT2D eigenvalue weighted by molar-refractivity contribution is 5.94. The Balaban J connectivity index is 1.84. The summed E-state index contributed by atoms with van der Waals surface area (Å²) >= 11 is 0. The van der Waals surface area contributed by atoms with Crippen molar-refractivity contribution in [3.63, 3.8) is 0 Å². The average Bonchev–Trinajstić information content (AvgIpc) is 2.78. The standard InChI is InChI=1S/C14H14N6O/c15-7-11-6-12-9-19(4-1-5-20(12)18-11)14(21)10-2-3-13(16)17-8-10/h2-3,6,8H,1,4-5,9H2,(H2,16,17). The predicted molar refractivity (Wildman–Crippen MR) is 74.9 cm³/mol. The van der Waals surface area contributed by atoms with E-state index in [1.807, 2.05) is 6.07 Å². The number of fused-ring (bicyclic) bond motifs is 1. The van der Waals surface area contributed by atoms with Crippen LogP contribution in [0.4, 0.5) is 5.82 Å². The van der Waals surface area contributed by atoms with Crippen molar-refractivity contribution < 1.29 is 4.79 Å². The minimum atomic E-state index is -0.0874. The largest absolute Gasteiger partial charge is 0.384 e. The second-order valence-corrected chi connectivity index (χ2v) is 4.91. The summed E-state index contributed by atoms with van der Waals surface area (Å²) in [4.78, 5) is 18.2. The molecule has 0 unspecified atom stereocenters. The minimum Gasteiger partial charge on any atom is -0.384 e. The summed E-state index contributed by atoms with van der Waals surface area (Å²) < 4.78 is 1.80. The van der Waals surface area contributed by atoms with E-state index in [2.05, 4.69) is 10.1 Å². The van der Waals surface area contributed by atoms with Crippen molar-refractivity contribution in [2.45, 2.75) is 19.5 Å². The van der Waals surface area contributed by atoms with E-state index in [9.17, 15) is 4.79 Å². The Morgan fingerprint density at radius 3 is 2.95 bits per heavy atom. The van der Waals surface area contributed by atoms with E-state index in [1.165, 1.54) is 6.20 Å². The lowest BCUT2D eigenvalue weighted by molar-refractivity contribution is 0.0745. The van der Waals surface area contributed by atoms with Gasteiger partial charge in [0.05, 0.1) is 17.8 Å². The van der Waals surface area contributed by atoms with Crippen LogP contribution in [0.5, 0.6) is 0 Å². The Morgan fingerprint density at radius 1 is 1.38 bits per heavy atom. The number of aryl methyl sites for hydroxylation is 1. The summed E-state index contributed by atoms with van der Waals surface area (Å²) in [7, 11) is 0. The van der Waals surface area contributed by atoms with Crippen LogP contribution >= 0.6 is 0 Å². The number of pyridine rings is 1. The molecule has 3 heterocycles. The summed E-state index contributed by atoms with van der Waals surface area (Å²) in [5.74, 6) is 0.301. The molecule has 0 atom stereocenters. The number of nitriles is 1. The molecule has 0 radical (unpaired) electrons. The van der Waals surface area contributed by atoms with E-state index >= 15 is 0 Å². The van der Waals surface area contributed by atoms with Crippen LogP contribution in [0.3, 0.4) is 0 Å². The smallest absolute Gasteiger partial charge is 0.255 e. The lowest BCUT2D eigenvalue weighted by atomic mass is 10.2. The lowest BCUT2D eigenvalue weighted by Crippen LogP contribution is -2.30. The molecule has 0 aliphatic carbocycles. The lowest BCUT2D eigenvalue weighted by Gasteiger charge is -2.19. The molecule has 0 fully saturated rings. The molecule has 0 bridgehead atoms. The number of nitrogen functional groups attached to an aromatic ring is 1. The Bertz CT molecular complexity index is 712. The summed E-state index contributed by atoms with van der Waals surface area (Å²) in [6.07, 6.45) is 2.29. The molecule has 1 amide bonds. The molecule has 1 aliphatic heterocycles. The van der Waals surface area contributed by atoms with E-state index < -0.39 is 0 Å². The quantitative estimate of drug-likeness (QED) is 0.832. The molecule has 2 aromatic heterocycles. The van der Waals surface area contributed by atoms with Crippen molar-refractivity contribution in [2.24, 2.45) is 0 Å². The maximum absolute atomic E-state index is 12.5. The van der Waals surface area contributed by atoms with Crippen LogP contribution in [-0.2, 0) is 13.1 Å². The van der Waals surface area contributed by atoms with E-state index in [1.54, 1.807) is 27.8 Å². The molecule has 106 valence electrons. The molecule has 2 aromatic rings. The van der Waals surface area contributed by atoms with Gasteiger partial charge in [-0.2, -0.15) is 10.4 Å². The van der Waals surface area contributed by atoms with Crippen molar-refractivity contribution in [3.05, 3.63) is 41.3 Å². The summed E-state index contributed by atoms with van der Waals surface area (Å²) in [6.45, 7) is 1.80. The summed E-state index contributed by atoms with van der Waals surface area (Å²) in [5.41, 5.74) is 7.30. The Kier molecular flexibility index (Phi) is 3.28. The van der Waals surface area contributed by atoms with E-state index in [0.717, 1.165) is 12.1 Å². The van der Waals surface area contributed by atoms with Crippen molar-refractivity contribution >= 4 is 11.7 Å². The van der Waals surface area contributed by atoms with Crippen molar-refractivity contribution in [1.82, 2.24) is 19.7 Å². The van der Waals surface area contributed by atoms with Gasteiger partial charge in [0.25, 0.3) is 5.91 Å². The Morgan fingerprint density at radius 2 is 2.24 bits per heavy atom. The second-order valence-electron chi connectivity index (χ2n) is 4.91. The number of aromatic nitrogens is 3. The van der Waals surface area contributed by atoms with Gasteiger partial charge >= 0.3 is 0 Å². The van der Waals surface area contributed by atoms with Gasteiger partial charge in [0, 0.05) is 19.3 Å². The third kappa shape index (κ3) is 2.56. The molecule has 0 saturated carbocycles. The molecule has 7 heteroatoms. The number of carbonyl (C=O) groups excluding carboxylic acids is 1. The zero-order chi connectivity index (χ0) is 14.8. The topological polar surface area (TPSA) is 101 Å². The Labute approximate surface area is 121 Å². The van der Waals surface area contributed by atoms with Gasteiger partial charge < -0.3 is 10.6 Å². The molecular weight excluding hydrogens is 268 g/mol. The summed E-state index contributed by atoms with van der Waals surface area (Å²) in [6, 6.07) is 7.04. The first-order valence-corrected chi connectivity index (χ1v) is 6.65. The van der Waals surface area contributed by atoms with E-state index in [4.69, 9.17) is 11.0 Å². The van der Waals surface area contributed by atoms with Crippen LogP contribution in [-0.4, -0.2) is 32.1 Å². The molecule has 0 saturated heterocycles. The fraction of sp³-hybridized carbons (Fsp3) is 0.286. The number of rotatable bonds is 1. The van der Waals surface area contributed by atoms with Crippen LogP contribution in [0, 0.1) is 11.3 Å². The SMILES string of the molecule is N#Cc1cc2n(n1)CCCN(C(=O)c1ccc(N)nc1)C2. The normalized spacial score (nSPS) is 14.1. The predicted octanol–water partition coefficient (Wildman–Crippen LogP) is 0.778. The molecule has 0 spiro atoms. The second kappa shape index (κ2) is 5.25. The fourth-order valence-corrected chi connectivity index (χ4v) is 2.40. The number of hydrogen-bond acceptors (Lipinski definition) is 5. The molecule has 0 aromatic carbocycles. The van der Waals surface area contributed by atoms with E-state index in [0.29, 0.717) is 36.7 Å². The maximum Gasteiger partial charge on any atom is 0.255 e.